The van der Waals surface area contributed by atoms with Gasteiger partial charge in [-0.2, -0.15) is 0 Å². The molecule has 0 bridgehead atoms. The first-order chi connectivity index (χ1) is 14.2. The van der Waals surface area contributed by atoms with Crippen LogP contribution in [0, 0.1) is 0 Å². The number of rotatable bonds is 6. The zero-order chi connectivity index (χ0) is 20.2. The fourth-order valence-electron chi connectivity index (χ4n) is 3.23. The molecule has 1 heterocycles. The highest BCUT2D eigenvalue weighted by molar-refractivity contribution is 5.83. The van der Waals surface area contributed by atoms with Crippen LogP contribution >= 0.6 is 0 Å². The highest BCUT2D eigenvalue weighted by Gasteiger charge is 2.12. The van der Waals surface area contributed by atoms with Crippen molar-refractivity contribution >= 4 is 16.7 Å². The molecule has 1 aromatic heterocycles. The van der Waals surface area contributed by atoms with Crippen LogP contribution in [0.15, 0.2) is 82.2 Å². The molecular weight excluding hydrogens is 366 g/mol. The molecule has 29 heavy (non-hydrogen) atoms. The maximum absolute atomic E-state index is 12.9. The monoisotopic (exact) mass is 387 g/mol. The van der Waals surface area contributed by atoms with Gasteiger partial charge in [-0.25, -0.2) is 0 Å². The summed E-state index contributed by atoms with van der Waals surface area (Å²) in [6, 6.07) is 20.6. The van der Waals surface area contributed by atoms with Crippen LogP contribution < -0.4 is 20.6 Å². The van der Waals surface area contributed by atoms with Crippen LogP contribution in [0.5, 0.6) is 11.5 Å². The summed E-state index contributed by atoms with van der Waals surface area (Å²) in [5.74, 6) is 1.23. The van der Waals surface area contributed by atoms with Crippen LogP contribution in [0.1, 0.15) is 5.56 Å². The maximum Gasteiger partial charge on any atom is 0.200 e. The second-order valence-corrected chi connectivity index (χ2v) is 6.68. The summed E-state index contributed by atoms with van der Waals surface area (Å²) in [6.45, 7) is 0.545. The Kier molecular flexibility index (Phi) is 5.20. The average molecular weight is 387 g/mol. The van der Waals surface area contributed by atoms with Gasteiger partial charge in [0.15, 0.2) is 5.43 Å². The van der Waals surface area contributed by atoms with Crippen molar-refractivity contribution < 1.29 is 13.9 Å². The topological polar surface area (TPSA) is 74.7 Å². The number of hydrogen-bond donors (Lipinski definition) is 1. The van der Waals surface area contributed by atoms with Gasteiger partial charge >= 0.3 is 0 Å². The van der Waals surface area contributed by atoms with Crippen LogP contribution in [0.4, 0.5) is 5.69 Å². The van der Waals surface area contributed by atoms with Gasteiger partial charge in [-0.05, 0) is 35.4 Å². The van der Waals surface area contributed by atoms with Gasteiger partial charge in [0.05, 0.1) is 30.4 Å². The number of benzene rings is 3. The molecule has 0 radical (unpaired) electrons. The summed E-state index contributed by atoms with van der Waals surface area (Å²) >= 11 is 0. The molecule has 5 heteroatoms. The predicted octanol–water partition coefficient (Wildman–Crippen LogP) is 4.67. The fraction of sp³-hybridized carbons (Fsp3) is 0.125. The number of nitrogen functional groups attached to an aromatic ring is 1. The van der Waals surface area contributed by atoms with Crippen molar-refractivity contribution in [1.82, 2.24) is 0 Å². The Bertz CT molecular complexity index is 1200. The summed E-state index contributed by atoms with van der Waals surface area (Å²) in [7, 11) is 1.55. The van der Waals surface area contributed by atoms with E-state index in [1.807, 2.05) is 18.2 Å². The summed E-state index contributed by atoms with van der Waals surface area (Å²) in [4.78, 5) is 12.9. The number of methoxy groups -OCH3 is 1. The third kappa shape index (κ3) is 3.94. The molecule has 0 unspecified atom stereocenters. The molecule has 0 spiro atoms. The first kappa shape index (κ1) is 18.6. The Morgan fingerprint density at radius 1 is 1.00 bits per heavy atom. The highest BCUT2D eigenvalue weighted by atomic mass is 16.5. The summed E-state index contributed by atoms with van der Waals surface area (Å²) in [6.07, 6.45) is 2.26. The predicted molar refractivity (Wildman–Crippen MR) is 115 cm³/mol. The van der Waals surface area contributed by atoms with Crippen LogP contribution in [-0.4, -0.2) is 13.7 Å². The lowest BCUT2D eigenvalue weighted by Gasteiger charge is -2.09. The van der Waals surface area contributed by atoms with Crippen molar-refractivity contribution in [3.05, 3.63) is 88.8 Å². The van der Waals surface area contributed by atoms with Crippen molar-refractivity contribution in [1.29, 1.82) is 0 Å². The molecule has 0 saturated heterocycles. The Labute approximate surface area is 168 Å². The summed E-state index contributed by atoms with van der Waals surface area (Å²) in [5, 5.41) is 0.493. The molecule has 0 aliphatic rings. The number of fused-ring (bicyclic) bond motifs is 1. The minimum absolute atomic E-state index is 0.119. The van der Waals surface area contributed by atoms with Crippen molar-refractivity contribution in [2.45, 2.75) is 6.42 Å². The molecular formula is C24H21NO4. The van der Waals surface area contributed by atoms with Gasteiger partial charge in [0, 0.05) is 12.5 Å². The lowest BCUT2D eigenvalue weighted by atomic mass is 10.0. The Morgan fingerprint density at radius 3 is 2.59 bits per heavy atom. The third-order valence-electron chi connectivity index (χ3n) is 4.79. The first-order valence-electron chi connectivity index (χ1n) is 9.32. The quantitative estimate of drug-likeness (QED) is 0.487. The molecule has 0 atom stereocenters. The second-order valence-electron chi connectivity index (χ2n) is 6.68. The van der Waals surface area contributed by atoms with Gasteiger partial charge < -0.3 is 19.6 Å². The van der Waals surface area contributed by atoms with E-state index in [9.17, 15) is 4.79 Å². The van der Waals surface area contributed by atoms with Crippen LogP contribution in [-0.2, 0) is 6.42 Å². The van der Waals surface area contributed by atoms with E-state index < -0.39 is 0 Å². The van der Waals surface area contributed by atoms with Gasteiger partial charge in [-0.3, -0.25) is 4.79 Å². The molecule has 0 aliphatic carbocycles. The van der Waals surface area contributed by atoms with Crippen LogP contribution in [0.25, 0.3) is 22.1 Å². The Morgan fingerprint density at radius 2 is 1.83 bits per heavy atom. The largest absolute Gasteiger partial charge is 0.495 e. The van der Waals surface area contributed by atoms with E-state index in [0.717, 1.165) is 6.42 Å². The first-order valence-corrected chi connectivity index (χ1v) is 9.32. The highest BCUT2D eigenvalue weighted by Crippen LogP contribution is 2.28. The number of nitrogens with two attached hydrogens (primary N) is 1. The maximum atomic E-state index is 12.9. The average Bonchev–Trinajstić information content (AvgIpc) is 2.75. The van der Waals surface area contributed by atoms with E-state index in [1.165, 1.54) is 11.8 Å². The van der Waals surface area contributed by atoms with Crippen molar-refractivity contribution in [2.24, 2.45) is 0 Å². The summed E-state index contributed by atoms with van der Waals surface area (Å²) in [5.41, 5.74) is 9.14. The summed E-state index contributed by atoms with van der Waals surface area (Å²) < 4.78 is 16.7. The van der Waals surface area contributed by atoms with E-state index in [1.54, 1.807) is 43.5 Å². The van der Waals surface area contributed by atoms with Gasteiger partial charge in [-0.1, -0.05) is 36.4 Å². The lowest BCUT2D eigenvalue weighted by molar-refractivity contribution is 0.322. The van der Waals surface area contributed by atoms with Gasteiger partial charge in [0.1, 0.15) is 23.3 Å². The molecule has 3 aromatic carbocycles. The standard InChI is InChI=1S/C24H21NO4/c1-27-22-10-7-17(13-21(22)25)20-15-29-23-14-18(8-9-19(23)24(20)26)28-12-11-16-5-3-2-4-6-16/h2-10,13-15H,11-12,25H2,1H3. The molecule has 0 fully saturated rings. The molecule has 0 amide bonds. The minimum atomic E-state index is -0.119. The van der Waals surface area contributed by atoms with Gasteiger partial charge in [-0.15, -0.1) is 0 Å². The SMILES string of the molecule is COc1ccc(-c2coc3cc(OCCc4ccccc4)ccc3c2=O)cc1N. The Hall–Kier alpha value is -3.73. The fourth-order valence-corrected chi connectivity index (χ4v) is 3.23. The van der Waals surface area contributed by atoms with Gasteiger partial charge in [0.25, 0.3) is 0 Å². The lowest BCUT2D eigenvalue weighted by Crippen LogP contribution is -2.06. The molecule has 4 rings (SSSR count). The van der Waals surface area contributed by atoms with Crippen molar-refractivity contribution in [3.8, 4) is 22.6 Å². The smallest absolute Gasteiger partial charge is 0.200 e. The van der Waals surface area contributed by atoms with E-state index in [2.05, 4.69) is 12.1 Å². The van der Waals surface area contributed by atoms with E-state index in [0.29, 0.717) is 45.9 Å². The second kappa shape index (κ2) is 8.10. The van der Waals surface area contributed by atoms with Gasteiger partial charge in [0.2, 0.25) is 0 Å². The molecule has 0 saturated carbocycles. The normalized spacial score (nSPS) is 10.8. The van der Waals surface area contributed by atoms with Crippen molar-refractivity contribution in [2.75, 3.05) is 19.5 Å². The van der Waals surface area contributed by atoms with Crippen LogP contribution in [0.2, 0.25) is 0 Å². The molecule has 146 valence electrons. The number of anilines is 1. The minimum Gasteiger partial charge on any atom is -0.495 e. The third-order valence-corrected chi connectivity index (χ3v) is 4.79. The van der Waals surface area contributed by atoms with E-state index in [-0.39, 0.29) is 5.43 Å². The van der Waals surface area contributed by atoms with E-state index >= 15 is 0 Å². The number of ether oxygens (including phenoxy) is 2. The zero-order valence-electron chi connectivity index (χ0n) is 16.1. The molecule has 4 aromatic rings. The zero-order valence-corrected chi connectivity index (χ0v) is 16.1. The molecule has 2 N–H and O–H groups in total. The number of hydrogen-bond acceptors (Lipinski definition) is 5. The van der Waals surface area contributed by atoms with E-state index in [4.69, 9.17) is 19.6 Å². The van der Waals surface area contributed by atoms with Crippen LogP contribution in [0.3, 0.4) is 0 Å². The molecule has 0 aliphatic heterocycles. The Balaban J connectivity index is 1.57. The van der Waals surface area contributed by atoms with Crippen molar-refractivity contribution in [3.63, 3.8) is 0 Å². The molecule has 5 nitrogen and oxygen atoms in total.